The molecule has 1 unspecified atom stereocenters. The molecule has 4 nitrogen and oxygen atoms in total. The topological polar surface area (TPSA) is 49.4 Å². The number of carbonyl (C=O) groups is 2. The second kappa shape index (κ2) is 8.70. The predicted octanol–water partition coefficient (Wildman–Crippen LogP) is 3.02. The van der Waals surface area contributed by atoms with Gasteiger partial charge in [0.05, 0.1) is 0 Å². The van der Waals surface area contributed by atoms with Crippen molar-refractivity contribution in [1.82, 2.24) is 10.2 Å². The Morgan fingerprint density at radius 3 is 2.61 bits per heavy atom. The van der Waals surface area contributed by atoms with Crippen LogP contribution in [0.4, 0.5) is 0 Å². The Kier molecular flexibility index (Phi) is 6.63. The molecule has 0 aliphatic carbocycles. The third-order valence-electron chi connectivity index (χ3n) is 4.48. The van der Waals surface area contributed by atoms with Crippen LogP contribution in [0.3, 0.4) is 0 Å². The van der Waals surface area contributed by atoms with Crippen LogP contribution >= 0.6 is 0 Å². The molecule has 1 aromatic carbocycles. The van der Waals surface area contributed by atoms with Gasteiger partial charge in [0.25, 0.3) is 5.91 Å². The summed E-state index contributed by atoms with van der Waals surface area (Å²) >= 11 is 0. The minimum Gasteiger partial charge on any atom is -0.356 e. The molecule has 1 fully saturated rings. The van der Waals surface area contributed by atoms with Crippen LogP contribution in [0.25, 0.3) is 0 Å². The molecule has 1 atom stereocenters. The Labute approximate surface area is 139 Å². The van der Waals surface area contributed by atoms with Gasteiger partial charge in [0.1, 0.15) is 0 Å². The van der Waals surface area contributed by atoms with Crippen molar-refractivity contribution in [3.63, 3.8) is 0 Å². The first kappa shape index (κ1) is 17.5. The van der Waals surface area contributed by atoms with E-state index in [0.29, 0.717) is 18.9 Å². The molecular formula is C19H28N2O2. The second-order valence-electron chi connectivity index (χ2n) is 6.36. The lowest BCUT2D eigenvalue weighted by Gasteiger charge is -2.33. The van der Waals surface area contributed by atoms with Crippen molar-refractivity contribution in [1.29, 1.82) is 0 Å². The zero-order chi connectivity index (χ0) is 16.7. The van der Waals surface area contributed by atoms with Crippen molar-refractivity contribution in [3.8, 4) is 0 Å². The van der Waals surface area contributed by atoms with Crippen LogP contribution in [0.15, 0.2) is 24.3 Å². The Morgan fingerprint density at radius 2 is 1.96 bits per heavy atom. The lowest BCUT2D eigenvalue weighted by atomic mass is 9.97. The average molecular weight is 316 g/mol. The van der Waals surface area contributed by atoms with E-state index in [2.05, 4.69) is 12.2 Å². The molecule has 0 saturated carbocycles. The van der Waals surface area contributed by atoms with E-state index >= 15 is 0 Å². The van der Waals surface area contributed by atoms with Crippen LogP contribution in [0.2, 0.25) is 0 Å². The Balaban J connectivity index is 1.89. The maximum atomic E-state index is 12.6. The van der Waals surface area contributed by atoms with Gasteiger partial charge in [-0.25, -0.2) is 0 Å². The van der Waals surface area contributed by atoms with Gasteiger partial charge < -0.3 is 10.2 Å². The fraction of sp³-hybridized carbons (Fsp3) is 0.579. The molecule has 23 heavy (non-hydrogen) atoms. The largest absolute Gasteiger partial charge is 0.356 e. The number of benzene rings is 1. The van der Waals surface area contributed by atoms with Crippen LogP contribution in [0.1, 0.15) is 55.5 Å². The number of nitrogens with one attached hydrogen (secondary N) is 1. The minimum absolute atomic E-state index is 0.109. The number of aryl methyl sites for hydroxylation is 1. The van der Waals surface area contributed by atoms with Gasteiger partial charge in [0.2, 0.25) is 5.91 Å². The summed E-state index contributed by atoms with van der Waals surface area (Å²) in [6.07, 6.45) is 4.52. The number of piperidine rings is 1. The number of nitrogens with zero attached hydrogens (tertiary/aromatic N) is 1. The van der Waals surface area contributed by atoms with E-state index in [0.717, 1.165) is 44.3 Å². The Morgan fingerprint density at radius 1 is 1.22 bits per heavy atom. The van der Waals surface area contributed by atoms with Gasteiger partial charge in [-0.3, -0.25) is 9.59 Å². The SMILES string of the molecule is CCCC(=O)NCC1CCCN(C(=O)c2ccc(CC)cc2)C1. The third kappa shape index (κ3) is 5.08. The monoisotopic (exact) mass is 316 g/mol. The molecule has 1 N–H and O–H groups in total. The molecule has 1 saturated heterocycles. The van der Waals surface area contributed by atoms with E-state index in [-0.39, 0.29) is 11.8 Å². The molecule has 1 aliphatic rings. The van der Waals surface area contributed by atoms with E-state index in [1.54, 1.807) is 0 Å². The first-order valence-electron chi connectivity index (χ1n) is 8.79. The van der Waals surface area contributed by atoms with Crippen LogP contribution < -0.4 is 5.32 Å². The number of likely N-dealkylation sites (tertiary alicyclic amines) is 1. The van der Waals surface area contributed by atoms with E-state index in [9.17, 15) is 9.59 Å². The van der Waals surface area contributed by atoms with E-state index < -0.39 is 0 Å². The molecule has 2 amide bonds. The summed E-state index contributed by atoms with van der Waals surface area (Å²) in [5, 5.41) is 2.99. The van der Waals surface area contributed by atoms with Crippen molar-refractivity contribution in [2.45, 2.75) is 46.0 Å². The summed E-state index contributed by atoms with van der Waals surface area (Å²) < 4.78 is 0. The maximum absolute atomic E-state index is 12.6. The molecule has 126 valence electrons. The van der Waals surface area contributed by atoms with Gasteiger partial charge in [-0.2, -0.15) is 0 Å². The normalized spacial score (nSPS) is 17.8. The molecule has 1 aromatic rings. The fourth-order valence-electron chi connectivity index (χ4n) is 3.06. The van der Waals surface area contributed by atoms with Gasteiger partial charge in [-0.15, -0.1) is 0 Å². The van der Waals surface area contributed by atoms with Crippen LogP contribution in [-0.2, 0) is 11.2 Å². The summed E-state index contributed by atoms with van der Waals surface area (Å²) in [5.74, 6) is 0.590. The number of hydrogen-bond donors (Lipinski definition) is 1. The first-order chi connectivity index (χ1) is 11.1. The molecule has 0 bridgehead atoms. The van der Waals surface area contributed by atoms with Crippen LogP contribution in [0.5, 0.6) is 0 Å². The smallest absolute Gasteiger partial charge is 0.253 e. The first-order valence-corrected chi connectivity index (χ1v) is 8.79. The van der Waals surface area contributed by atoms with Gasteiger partial charge in [0, 0.05) is 31.6 Å². The molecular weight excluding hydrogens is 288 g/mol. The number of carbonyl (C=O) groups excluding carboxylic acids is 2. The number of amides is 2. The van der Waals surface area contributed by atoms with Gasteiger partial charge in [-0.1, -0.05) is 26.0 Å². The van der Waals surface area contributed by atoms with Gasteiger partial charge >= 0.3 is 0 Å². The van der Waals surface area contributed by atoms with Gasteiger partial charge in [0.15, 0.2) is 0 Å². The highest BCUT2D eigenvalue weighted by molar-refractivity contribution is 5.94. The molecule has 1 heterocycles. The quantitative estimate of drug-likeness (QED) is 0.877. The number of hydrogen-bond acceptors (Lipinski definition) is 2. The van der Waals surface area contributed by atoms with E-state index in [1.165, 1.54) is 5.56 Å². The molecule has 0 radical (unpaired) electrons. The summed E-state index contributed by atoms with van der Waals surface area (Å²) in [7, 11) is 0. The highest BCUT2D eigenvalue weighted by Gasteiger charge is 2.24. The highest BCUT2D eigenvalue weighted by Crippen LogP contribution is 2.18. The fourth-order valence-corrected chi connectivity index (χ4v) is 3.06. The average Bonchev–Trinajstić information content (AvgIpc) is 2.60. The zero-order valence-electron chi connectivity index (χ0n) is 14.3. The summed E-state index contributed by atoms with van der Waals surface area (Å²) in [6, 6.07) is 7.90. The Bertz CT molecular complexity index is 525. The van der Waals surface area contributed by atoms with Crippen LogP contribution in [0, 0.1) is 5.92 Å². The van der Waals surface area contributed by atoms with E-state index in [1.807, 2.05) is 36.1 Å². The van der Waals surface area contributed by atoms with Crippen molar-refractivity contribution in [3.05, 3.63) is 35.4 Å². The number of rotatable bonds is 6. The summed E-state index contributed by atoms with van der Waals surface area (Å²) in [6.45, 7) is 6.34. The van der Waals surface area contributed by atoms with Crippen molar-refractivity contribution >= 4 is 11.8 Å². The van der Waals surface area contributed by atoms with Crippen molar-refractivity contribution < 1.29 is 9.59 Å². The lowest BCUT2D eigenvalue weighted by molar-refractivity contribution is -0.121. The minimum atomic E-state index is 0.109. The molecule has 2 rings (SSSR count). The molecule has 4 heteroatoms. The van der Waals surface area contributed by atoms with Crippen molar-refractivity contribution in [2.75, 3.05) is 19.6 Å². The zero-order valence-corrected chi connectivity index (χ0v) is 14.3. The third-order valence-corrected chi connectivity index (χ3v) is 4.48. The molecule has 1 aliphatic heterocycles. The van der Waals surface area contributed by atoms with Gasteiger partial charge in [-0.05, 0) is 49.3 Å². The summed E-state index contributed by atoms with van der Waals surface area (Å²) in [4.78, 5) is 26.1. The molecule has 0 spiro atoms. The maximum Gasteiger partial charge on any atom is 0.253 e. The van der Waals surface area contributed by atoms with Crippen LogP contribution in [-0.4, -0.2) is 36.3 Å². The van der Waals surface area contributed by atoms with E-state index in [4.69, 9.17) is 0 Å². The second-order valence-corrected chi connectivity index (χ2v) is 6.36. The Hall–Kier alpha value is -1.84. The van der Waals surface area contributed by atoms with Crippen molar-refractivity contribution in [2.24, 2.45) is 5.92 Å². The molecule has 0 aromatic heterocycles. The lowest BCUT2D eigenvalue weighted by Crippen LogP contribution is -2.43. The summed E-state index contributed by atoms with van der Waals surface area (Å²) in [5.41, 5.74) is 2.01. The standard InChI is InChI=1S/C19H28N2O2/c1-3-6-18(22)20-13-16-7-5-12-21(14-16)19(23)17-10-8-15(4-2)9-11-17/h8-11,16H,3-7,12-14H2,1-2H3,(H,20,22). The highest BCUT2D eigenvalue weighted by atomic mass is 16.2. The predicted molar refractivity (Wildman–Crippen MR) is 92.4 cm³/mol.